The van der Waals surface area contributed by atoms with Gasteiger partial charge in [0.15, 0.2) is 0 Å². The summed E-state index contributed by atoms with van der Waals surface area (Å²) in [5.74, 6) is 0.329. The van der Waals surface area contributed by atoms with Gasteiger partial charge in [0.05, 0.1) is 23.2 Å². The van der Waals surface area contributed by atoms with Gasteiger partial charge in [0.1, 0.15) is 12.4 Å². The Balaban J connectivity index is 1.83. The van der Waals surface area contributed by atoms with Crippen molar-refractivity contribution in [3.63, 3.8) is 0 Å². The molecule has 0 spiro atoms. The summed E-state index contributed by atoms with van der Waals surface area (Å²) < 4.78 is 7.12. The number of hydrogen-bond acceptors (Lipinski definition) is 4. The standard InChI is InChI=1S/C19H20N2O3/c1-2-11-24-19(23)15-9-7-14(8-10-15)12-21-17-6-4-3-5-16(17)20-18(21)13-22/h3-10,22H,2,11-13H2,1H3. The molecule has 0 aliphatic rings. The average Bonchev–Trinajstić information content (AvgIpc) is 2.98. The van der Waals surface area contributed by atoms with E-state index >= 15 is 0 Å². The highest BCUT2D eigenvalue weighted by molar-refractivity contribution is 5.89. The lowest BCUT2D eigenvalue weighted by molar-refractivity contribution is 0.0505. The van der Waals surface area contributed by atoms with Gasteiger partial charge < -0.3 is 14.4 Å². The van der Waals surface area contributed by atoms with Crippen LogP contribution in [0.3, 0.4) is 0 Å². The minimum Gasteiger partial charge on any atom is -0.462 e. The second kappa shape index (κ2) is 7.27. The summed E-state index contributed by atoms with van der Waals surface area (Å²) in [6, 6.07) is 15.1. The van der Waals surface area contributed by atoms with Crippen LogP contribution in [0.4, 0.5) is 0 Å². The molecule has 0 aliphatic heterocycles. The smallest absolute Gasteiger partial charge is 0.338 e. The number of aliphatic hydroxyl groups excluding tert-OH is 1. The topological polar surface area (TPSA) is 64.3 Å². The summed E-state index contributed by atoms with van der Waals surface area (Å²) in [6.07, 6.45) is 0.807. The molecular formula is C19H20N2O3. The largest absolute Gasteiger partial charge is 0.462 e. The van der Waals surface area contributed by atoms with E-state index in [0.717, 1.165) is 23.0 Å². The first kappa shape index (κ1) is 16.2. The Hall–Kier alpha value is -2.66. The third kappa shape index (κ3) is 3.31. The van der Waals surface area contributed by atoms with Crippen molar-refractivity contribution in [2.24, 2.45) is 0 Å². The fraction of sp³-hybridized carbons (Fsp3) is 0.263. The van der Waals surface area contributed by atoms with Crippen molar-refractivity contribution < 1.29 is 14.6 Å². The van der Waals surface area contributed by atoms with Gasteiger partial charge in [0.25, 0.3) is 0 Å². The molecule has 0 unspecified atom stereocenters. The molecule has 24 heavy (non-hydrogen) atoms. The zero-order valence-electron chi connectivity index (χ0n) is 13.6. The van der Waals surface area contributed by atoms with E-state index in [1.807, 2.05) is 47.9 Å². The molecule has 5 heteroatoms. The normalized spacial score (nSPS) is 10.9. The fourth-order valence-electron chi connectivity index (χ4n) is 2.63. The number of nitrogens with zero attached hydrogens (tertiary/aromatic N) is 2. The van der Waals surface area contributed by atoms with Crippen LogP contribution in [-0.4, -0.2) is 27.2 Å². The van der Waals surface area contributed by atoms with Crippen LogP contribution in [0, 0.1) is 0 Å². The van der Waals surface area contributed by atoms with Crippen LogP contribution >= 0.6 is 0 Å². The number of ether oxygens (including phenoxy) is 1. The van der Waals surface area contributed by atoms with Gasteiger partial charge in [-0.25, -0.2) is 9.78 Å². The Bertz CT molecular complexity index is 837. The van der Waals surface area contributed by atoms with Crippen molar-refractivity contribution in [1.82, 2.24) is 9.55 Å². The van der Waals surface area contributed by atoms with Crippen LogP contribution in [0.1, 0.15) is 35.1 Å². The molecule has 0 saturated carbocycles. The molecule has 2 aromatic carbocycles. The first-order chi connectivity index (χ1) is 11.7. The molecule has 5 nitrogen and oxygen atoms in total. The van der Waals surface area contributed by atoms with E-state index in [-0.39, 0.29) is 12.6 Å². The molecule has 1 aromatic heterocycles. The minimum absolute atomic E-state index is 0.115. The van der Waals surface area contributed by atoms with Crippen molar-refractivity contribution in [3.8, 4) is 0 Å². The van der Waals surface area contributed by atoms with Crippen LogP contribution < -0.4 is 0 Å². The average molecular weight is 324 g/mol. The molecule has 0 bridgehead atoms. The molecule has 1 heterocycles. The van der Waals surface area contributed by atoms with Crippen LogP contribution in [0.15, 0.2) is 48.5 Å². The number of hydrogen-bond donors (Lipinski definition) is 1. The molecule has 124 valence electrons. The number of para-hydroxylation sites is 2. The van der Waals surface area contributed by atoms with Crippen LogP contribution in [-0.2, 0) is 17.9 Å². The Labute approximate surface area is 140 Å². The molecule has 0 atom stereocenters. The maximum Gasteiger partial charge on any atom is 0.338 e. The van der Waals surface area contributed by atoms with Gasteiger partial charge in [0, 0.05) is 6.54 Å². The van der Waals surface area contributed by atoms with E-state index in [2.05, 4.69) is 4.98 Å². The van der Waals surface area contributed by atoms with Crippen molar-refractivity contribution >= 4 is 17.0 Å². The number of fused-ring (bicyclic) bond motifs is 1. The molecular weight excluding hydrogens is 304 g/mol. The molecule has 0 aliphatic carbocycles. The highest BCUT2D eigenvalue weighted by Crippen LogP contribution is 2.18. The maximum atomic E-state index is 11.8. The maximum absolute atomic E-state index is 11.8. The monoisotopic (exact) mass is 324 g/mol. The SMILES string of the molecule is CCCOC(=O)c1ccc(Cn2c(CO)nc3ccccc32)cc1. The van der Waals surface area contributed by atoms with Crippen molar-refractivity contribution in [2.45, 2.75) is 26.5 Å². The number of aliphatic hydroxyl groups is 1. The number of carbonyl (C=O) groups is 1. The summed E-state index contributed by atoms with van der Waals surface area (Å²) in [5, 5.41) is 9.55. The summed E-state index contributed by atoms with van der Waals surface area (Å²) in [4.78, 5) is 16.3. The number of esters is 1. The first-order valence-electron chi connectivity index (χ1n) is 8.04. The second-order valence-electron chi connectivity index (χ2n) is 5.59. The van der Waals surface area contributed by atoms with Gasteiger partial charge in [0.2, 0.25) is 0 Å². The summed E-state index contributed by atoms with van der Waals surface area (Å²) in [7, 11) is 0. The highest BCUT2D eigenvalue weighted by Gasteiger charge is 2.11. The van der Waals surface area contributed by atoms with Crippen LogP contribution in [0.25, 0.3) is 11.0 Å². The summed E-state index contributed by atoms with van der Waals surface area (Å²) in [5.41, 5.74) is 3.42. The number of aromatic nitrogens is 2. The fourth-order valence-corrected chi connectivity index (χ4v) is 2.63. The Morgan fingerprint density at radius 3 is 2.62 bits per heavy atom. The van der Waals surface area contributed by atoms with E-state index in [9.17, 15) is 9.90 Å². The molecule has 0 amide bonds. The third-order valence-electron chi connectivity index (χ3n) is 3.84. The Kier molecular flexibility index (Phi) is 4.91. The minimum atomic E-state index is -0.299. The quantitative estimate of drug-likeness (QED) is 0.708. The van der Waals surface area contributed by atoms with Crippen LogP contribution in [0.2, 0.25) is 0 Å². The Morgan fingerprint density at radius 2 is 1.92 bits per heavy atom. The Morgan fingerprint density at radius 1 is 1.17 bits per heavy atom. The predicted octanol–water partition coefficient (Wildman–Crippen LogP) is 3.14. The first-order valence-corrected chi connectivity index (χ1v) is 8.04. The highest BCUT2D eigenvalue weighted by atomic mass is 16.5. The van der Waals surface area contributed by atoms with E-state index < -0.39 is 0 Å². The molecule has 3 rings (SSSR count). The van der Waals surface area contributed by atoms with E-state index in [4.69, 9.17) is 4.74 Å². The molecule has 0 fully saturated rings. The van der Waals surface area contributed by atoms with Gasteiger partial charge in [-0.1, -0.05) is 31.2 Å². The third-order valence-corrected chi connectivity index (χ3v) is 3.84. The van der Waals surface area contributed by atoms with Crippen molar-refractivity contribution in [2.75, 3.05) is 6.61 Å². The van der Waals surface area contributed by atoms with E-state index in [0.29, 0.717) is 24.5 Å². The van der Waals surface area contributed by atoms with E-state index in [1.165, 1.54) is 0 Å². The van der Waals surface area contributed by atoms with Gasteiger partial charge in [-0.05, 0) is 36.2 Å². The van der Waals surface area contributed by atoms with Gasteiger partial charge in [-0.3, -0.25) is 0 Å². The van der Waals surface area contributed by atoms with Crippen molar-refractivity contribution in [1.29, 1.82) is 0 Å². The van der Waals surface area contributed by atoms with Gasteiger partial charge >= 0.3 is 5.97 Å². The zero-order valence-corrected chi connectivity index (χ0v) is 13.6. The lowest BCUT2D eigenvalue weighted by Gasteiger charge is -2.09. The number of rotatable bonds is 6. The lowest BCUT2D eigenvalue weighted by Crippen LogP contribution is -2.07. The van der Waals surface area contributed by atoms with Gasteiger partial charge in [-0.2, -0.15) is 0 Å². The summed E-state index contributed by atoms with van der Waals surface area (Å²) >= 11 is 0. The zero-order chi connectivity index (χ0) is 16.9. The molecule has 0 radical (unpaired) electrons. The second-order valence-corrected chi connectivity index (χ2v) is 5.59. The van der Waals surface area contributed by atoms with Gasteiger partial charge in [-0.15, -0.1) is 0 Å². The molecule has 3 aromatic rings. The molecule has 0 saturated heterocycles. The van der Waals surface area contributed by atoms with Crippen molar-refractivity contribution in [3.05, 3.63) is 65.5 Å². The molecule has 1 N–H and O–H groups in total. The van der Waals surface area contributed by atoms with E-state index in [1.54, 1.807) is 12.1 Å². The lowest BCUT2D eigenvalue weighted by atomic mass is 10.1. The number of carbonyl (C=O) groups excluding carboxylic acids is 1. The predicted molar refractivity (Wildman–Crippen MR) is 91.8 cm³/mol. The number of benzene rings is 2. The van der Waals surface area contributed by atoms with Crippen LogP contribution in [0.5, 0.6) is 0 Å². The summed E-state index contributed by atoms with van der Waals surface area (Å²) in [6.45, 7) is 2.86. The number of imidazole rings is 1.